The minimum Gasteiger partial charge on any atom is -0.368 e. The molecule has 0 atom stereocenters. The lowest BCUT2D eigenvalue weighted by atomic mass is 10.1. The highest BCUT2D eigenvalue weighted by molar-refractivity contribution is 6.32. The zero-order chi connectivity index (χ0) is 16.1. The van der Waals surface area contributed by atoms with E-state index in [9.17, 15) is 0 Å². The summed E-state index contributed by atoms with van der Waals surface area (Å²) in [5.74, 6) is 0.725. The Balaban J connectivity index is 2.14. The molecule has 0 amide bonds. The van der Waals surface area contributed by atoms with Crippen LogP contribution in [0.25, 0.3) is 22.5 Å². The fourth-order valence-electron chi connectivity index (χ4n) is 2.36. The molecule has 3 aromatic rings. The van der Waals surface area contributed by atoms with Crippen LogP contribution in [0.3, 0.4) is 0 Å². The molecule has 0 radical (unpaired) electrons. The number of benzene rings is 2. The Morgan fingerprint density at radius 3 is 1.96 bits per heavy atom. The molecule has 1 N–H and O–H groups in total. The van der Waals surface area contributed by atoms with Gasteiger partial charge >= 0.3 is 0 Å². The number of nitrogens with zero attached hydrogens (tertiary/aromatic N) is 2. The van der Waals surface area contributed by atoms with E-state index in [-0.39, 0.29) is 0 Å². The van der Waals surface area contributed by atoms with Gasteiger partial charge in [0.25, 0.3) is 0 Å². The lowest BCUT2D eigenvalue weighted by Gasteiger charge is -2.13. The van der Waals surface area contributed by atoms with Gasteiger partial charge in [-0.1, -0.05) is 79.2 Å². The zero-order valence-corrected chi connectivity index (χ0v) is 13.7. The van der Waals surface area contributed by atoms with Gasteiger partial charge in [0.05, 0.1) is 0 Å². The van der Waals surface area contributed by atoms with E-state index in [0.29, 0.717) is 10.8 Å². The van der Waals surface area contributed by atoms with E-state index in [1.54, 1.807) is 0 Å². The third kappa shape index (κ3) is 3.51. The van der Waals surface area contributed by atoms with Gasteiger partial charge in [0, 0.05) is 17.7 Å². The number of hydrogen-bond donors (Lipinski definition) is 1. The van der Waals surface area contributed by atoms with Crippen LogP contribution >= 0.6 is 11.6 Å². The van der Waals surface area contributed by atoms with Gasteiger partial charge in [-0.2, -0.15) is 0 Å². The van der Waals surface area contributed by atoms with Gasteiger partial charge in [0.2, 0.25) is 0 Å². The molecule has 0 aliphatic carbocycles. The lowest BCUT2D eigenvalue weighted by molar-refractivity contribution is 0.966. The normalized spacial score (nSPS) is 10.5. The second-order valence-electron chi connectivity index (χ2n) is 5.22. The smallest absolute Gasteiger partial charge is 0.157 e. The summed E-state index contributed by atoms with van der Waals surface area (Å²) in [5.41, 5.74) is 3.51. The summed E-state index contributed by atoms with van der Waals surface area (Å²) >= 11 is 6.39. The van der Waals surface area contributed by atoms with Crippen molar-refractivity contribution in [2.45, 2.75) is 13.3 Å². The number of nitrogens with one attached hydrogen (secondary N) is 1. The monoisotopic (exact) mass is 323 g/mol. The maximum atomic E-state index is 6.39. The van der Waals surface area contributed by atoms with E-state index in [2.05, 4.69) is 17.2 Å². The molecule has 0 unspecified atom stereocenters. The largest absolute Gasteiger partial charge is 0.368 e. The average molecular weight is 324 g/mol. The molecule has 0 saturated carbocycles. The number of anilines is 1. The molecule has 0 aliphatic heterocycles. The fraction of sp³-hybridized carbons (Fsp3) is 0.158. The lowest BCUT2D eigenvalue weighted by Crippen LogP contribution is -2.06. The second kappa shape index (κ2) is 7.25. The van der Waals surface area contributed by atoms with Crippen molar-refractivity contribution in [2.24, 2.45) is 0 Å². The van der Waals surface area contributed by atoms with Gasteiger partial charge in [-0.3, -0.25) is 0 Å². The van der Waals surface area contributed by atoms with Crippen LogP contribution in [0, 0.1) is 0 Å². The Morgan fingerprint density at radius 1 is 0.826 bits per heavy atom. The Morgan fingerprint density at radius 2 is 1.39 bits per heavy atom. The van der Waals surface area contributed by atoms with Gasteiger partial charge in [0.15, 0.2) is 11.0 Å². The first-order valence-corrected chi connectivity index (χ1v) is 8.09. The molecular weight excluding hydrogens is 306 g/mol. The van der Waals surface area contributed by atoms with Crippen molar-refractivity contribution in [3.8, 4) is 22.5 Å². The molecule has 0 fully saturated rings. The van der Waals surface area contributed by atoms with Crippen LogP contribution in [0.1, 0.15) is 13.3 Å². The third-order valence-corrected chi connectivity index (χ3v) is 3.75. The fourth-order valence-corrected chi connectivity index (χ4v) is 2.59. The molecule has 2 aromatic carbocycles. The highest BCUT2D eigenvalue weighted by Crippen LogP contribution is 2.32. The van der Waals surface area contributed by atoms with Crippen LogP contribution < -0.4 is 5.32 Å². The first kappa shape index (κ1) is 15.5. The SMILES string of the molecule is CCCNc1nc(Cl)c(-c2ccccc2)nc1-c1ccccc1. The highest BCUT2D eigenvalue weighted by Gasteiger charge is 2.15. The zero-order valence-electron chi connectivity index (χ0n) is 13.0. The van der Waals surface area contributed by atoms with E-state index >= 15 is 0 Å². The standard InChI is InChI=1S/C19H18ClN3/c1-2-13-21-19-17(15-11-7-4-8-12-15)22-16(18(20)23-19)14-9-5-3-6-10-14/h3-12H,2,13H2,1H3,(H,21,23). The van der Waals surface area contributed by atoms with Crippen LogP contribution in [0.2, 0.25) is 5.15 Å². The number of hydrogen-bond acceptors (Lipinski definition) is 3. The Labute approximate surface area is 141 Å². The minimum absolute atomic E-state index is 0.412. The van der Waals surface area contributed by atoms with Crippen molar-refractivity contribution in [1.82, 2.24) is 9.97 Å². The van der Waals surface area contributed by atoms with E-state index in [4.69, 9.17) is 16.6 Å². The van der Waals surface area contributed by atoms with Crippen molar-refractivity contribution >= 4 is 17.4 Å². The molecular formula is C19H18ClN3. The summed E-state index contributed by atoms with van der Waals surface area (Å²) < 4.78 is 0. The first-order chi connectivity index (χ1) is 11.3. The summed E-state index contributed by atoms with van der Waals surface area (Å²) in [6, 6.07) is 19.9. The van der Waals surface area contributed by atoms with Gasteiger partial charge < -0.3 is 5.32 Å². The maximum Gasteiger partial charge on any atom is 0.157 e. The summed E-state index contributed by atoms with van der Waals surface area (Å²) in [6.07, 6.45) is 1.01. The quantitative estimate of drug-likeness (QED) is 0.693. The van der Waals surface area contributed by atoms with Crippen LogP contribution in [0.5, 0.6) is 0 Å². The summed E-state index contributed by atoms with van der Waals surface area (Å²) in [4.78, 5) is 9.36. The molecule has 0 spiro atoms. The van der Waals surface area contributed by atoms with Crippen LogP contribution in [0.15, 0.2) is 60.7 Å². The van der Waals surface area contributed by atoms with Gasteiger partial charge in [-0.15, -0.1) is 0 Å². The molecule has 0 aliphatic rings. The molecule has 4 heteroatoms. The average Bonchev–Trinajstić information content (AvgIpc) is 2.61. The van der Waals surface area contributed by atoms with E-state index in [1.807, 2.05) is 60.7 Å². The maximum absolute atomic E-state index is 6.39. The third-order valence-electron chi connectivity index (χ3n) is 3.49. The van der Waals surface area contributed by atoms with E-state index in [1.165, 1.54) is 0 Å². The molecule has 3 rings (SSSR count). The predicted octanol–water partition coefficient (Wildman–Crippen LogP) is 5.29. The van der Waals surface area contributed by atoms with Crippen molar-refractivity contribution in [3.05, 3.63) is 65.8 Å². The second-order valence-corrected chi connectivity index (χ2v) is 5.58. The molecule has 3 nitrogen and oxygen atoms in total. The molecule has 1 heterocycles. The molecule has 1 aromatic heterocycles. The van der Waals surface area contributed by atoms with Crippen LogP contribution in [-0.2, 0) is 0 Å². The summed E-state index contributed by atoms with van der Waals surface area (Å²) in [5, 5.41) is 3.73. The van der Waals surface area contributed by atoms with Crippen molar-refractivity contribution in [3.63, 3.8) is 0 Å². The Kier molecular flexibility index (Phi) is 4.89. The molecule has 0 saturated heterocycles. The van der Waals surface area contributed by atoms with Gasteiger partial charge in [0.1, 0.15) is 11.4 Å². The van der Waals surface area contributed by atoms with Crippen molar-refractivity contribution in [2.75, 3.05) is 11.9 Å². The van der Waals surface area contributed by atoms with Crippen LogP contribution in [-0.4, -0.2) is 16.5 Å². The topological polar surface area (TPSA) is 37.8 Å². The van der Waals surface area contributed by atoms with E-state index < -0.39 is 0 Å². The molecule has 116 valence electrons. The Bertz CT molecular complexity index is 773. The van der Waals surface area contributed by atoms with Crippen molar-refractivity contribution < 1.29 is 0 Å². The number of halogens is 1. The van der Waals surface area contributed by atoms with Crippen LogP contribution in [0.4, 0.5) is 5.82 Å². The highest BCUT2D eigenvalue weighted by atomic mass is 35.5. The Hall–Kier alpha value is -2.39. The number of aromatic nitrogens is 2. The van der Waals surface area contributed by atoms with Gasteiger partial charge in [-0.25, -0.2) is 9.97 Å². The van der Waals surface area contributed by atoms with E-state index in [0.717, 1.165) is 35.6 Å². The minimum atomic E-state index is 0.412. The first-order valence-electron chi connectivity index (χ1n) is 7.72. The van der Waals surface area contributed by atoms with Gasteiger partial charge in [-0.05, 0) is 6.42 Å². The predicted molar refractivity (Wildman–Crippen MR) is 96.7 cm³/mol. The summed E-state index contributed by atoms with van der Waals surface area (Å²) in [7, 11) is 0. The molecule has 23 heavy (non-hydrogen) atoms. The number of rotatable bonds is 5. The van der Waals surface area contributed by atoms with Crippen molar-refractivity contribution in [1.29, 1.82) is 0 Å². The molecule has 0 bridgehead atoms. The summed E-state index contributed by atoms with van der Waals surface area (Å²) in [6.45, 7) is 2.94.